The van der Waals surface area contributed by atoms with Crippen LogP contribution >= 0.6 is 23.1 Å². The Morgan fingerprint density at radius 3 is 2.67 bits per heavy atom. The number of carbonyl (C=O) groups is 3. The van der Waals surface area contributed by atoms with Crippen LogP contribution < -0.4 is 10.6 Å². The van der Waals surface area contributed by atoms with E-state index in [2.05, 4.69) is 15.6 Å². The number of esters is 1. The van der Waals surface area contributed by atoms with E-state index in [1.54, 1.807) is 42.2 Å². The molecule has 144 valence electrons. The number of likely N-dealkylation sites (N-methyl/N-ethyl adjacent to an activating group) is 1. The van der Waals surface area contributed by atoms with Gasteiger partial charge in [0.25, 0.3) is 5.91 Å². The van der Waals surface area contributed by atoms with Gasteiger partial charge in [0.1, 0.15) is 4.34 Å². The van der Waals surface area contributed by atoms with Crippen LogP contribution in [-0.4, -0.2) is 42.5 Å². The maximum atomic E-state index is 12.3. The van der Waals surface area contributed by atoms with Crippen LogP contribution in [-0.2, 0) is 20.1 Å². The molecule has 0 saturated carbocycles. The molecule has 0 aliphatic heterocycles. The van der Waals surface area contributed by atoms with Crippen molar-refractivity contribution in [2.45, 2.75) is 23.9 Å². The predicted octanol–water partition coefficient (Wildman–Crippen LogP) is 2.15. The molecule has 0 aliphatic carbocycles. The number of carbonyl (C=O) groups excluding carboxylic acids is 3. The number of thiazole rings is 1. The highest BCUT2D eigenvalue weighted by molar-refractivity contribution is 8.00. The number of hydrogen-bond acceptors (Lipinski definition) is 7. The molecule has 1 aromatic carbocycles. The number of rotatable bonds is 9. The number of thioether (sulfide) groups is 1. The molecule has 1 aromatic heterocycles. The largest absolute Gasteiger partial charge is 0.452 e. The van der Waals surface area contributed by atoms with E-state index in [0.717, 1.165) is 15.6 Å². The van der Waals surface area contributed by atoms with Gasteiger partial charge >= 0.3 is 5.97 Å². The van der Waals surface area contributed by atoms with E-state index in [1.165, 1.54) is 0 Å². The van der Waals surface area contributed by atoms with Gasteiger partial charge in [-0.25, -0.2) is 9.78 Å². The zero-order valence-electron chi connectivity index (χ0n) is 15.1. The van der Waals surface area contributed by atoms with Crippen LogP contribution in [0.5, 0.6) is 0 Å². The highest BCUT2D eigenvalue weighted by atomic mass is 32.2. The molecule has 2 rings (SSSR count). The molecule has 0 atom stereocenters. The number of hydrogen-bond donors (Lipinski definition) is 2. The monoisotopic (exact) mass is 407 g/mol. The number of benzene rings is 1. The third kappa shape index (κ3) is 7.03. The van der Waals surface area contributed by atoms with Crippen molar-refractivity contribution in [3.05, 3.63) is 46.5 Å². The number of aromatic nitrogens is 1. The fourth-order valence-electron chi connectivity index (χ4n) is 2.08. The Kier molecular flexibility index (Phi) is 8.28. The number of ether oxygens (including phenoxy) is 1. The first-order valence-corrected chi connectivity index (χ1v) is 10.2. The third-order valence-corrected chi connectivity index (χ3v) is 5.53. The summed E-state index contributed by atoms with van der Waals surface area (Å²) >= 11 is 3.10. The first-order valence-electron chi connectivity index (χ1n) is 8.33. The summed E-state index contributed by atoms with van der Waals surface area (Å²) < 4.78 is 6.00. The first-order chi connectivity index (χ1) is 13.0. The summed E-state index contributed by atoms with van der Waals surface area (Å²) in [6, 6.07) is 7.10. The van der Waals surface area contributed by atoms with Crippen molar-refractivity contribution in [2.24, 2.45) is 0 Å². The Morgan fingerprint density at radius 2 is 1.96 bits per heavy atom. The minimum absolute atomic E-state index is 0.148. The van der Waals surface area contributed by atoms with Gasteiger partial charge in [-0.2, -0.15) is 0 Å². The van der Waals surface area contributed by atoms with Crippen LogP contribution in [0.3, 0.4) is 0 Å². The van der Waals surface area contributed by atoms with Gasteiger partial charge in [0.15, 0.2) is 6.61 Å². The van der Waals surface area contributed by atoms with Gasteiger partial charge in [-0.1, -0.05) is 30.0 Å². The average Bonchev–Trinajstić information content (AvgIpc) is 3.08. The van der Waals surface area contributed by atoms with Gasteiger partial charge in [0, 0.05) is 23.4 Å². The minimum Gasteiger partial charge on any atom is -0.452 e. The third-order valence-electron chi connectivity index (χ3n) is 3.34. The maximum absolute atomic E-state index is 12.3. The van der Waals surface area contributed by atoms with Crippen LogP contribution in [0.2, 0.25) is 0 Å². The molecule has 2 amide bonds. The summed E-state index contributed by atoms with van der Waals surface area (Å²) in [5.41, 5.74) is 2.19. The van der Waals surface area contributed by atoms with Crippen molar-refractivity contribution in [1.29, 1.82) is 0 Å². The Morgan fingerprint density at radius 1 is 1.19 bits per heavy atom. The summed E-state index contributed by atoms with van der Waals surface area (Å²) in [6.45, 7) is 3.62. The molecule has 7 nitrogen and oxygen atoms in total. The summed E-state index contributed by atoms with van der Waals surface area (Å²) in [5, 5.41) is 6.93. The lowest BCUT2D eigenvalue weighted by molar-refractivity contribution is -0.127. The summed E-state index contributed by atoms with van der Waals surface area (Å²) in [5.74, 6) is -0.826. The summed E-state index contributed by atoms with van der Waals surface area (Å²) in [7, 11) is 0. The van der Waals surface area contributed by atoms with Crippen molar-refractivity contribution < 1.29 is 19.1 Å². The standard InChI is InChI=1S/C18H21N3O4S2/c1-3-19-15(22)8-20-16(23)9-25-17(24)14-7-5-4-6-13(14)11-27-18-21-12(2)10-26-18/h4-7,10H,3,8-9,11H2,1-2H3,(H,19,22)(H,20,23). The molecule has 0 aliphatic rings. The molecule has 0 unspecified atom stereocenters. The van der Waals surface area contributed by atoms with E-state index in [-0.39, 0.29) is 12.5 Å². The average molecular weight is 408 g/mol. The van der Waals surface area contributed by atoms with Crippen molar-refractivity contribution in [1.82, 2.24) is 15.6 Å². The van der Waals surface area contributed by atoms with Crippen molar-refractivity contribution in [3.8, 4) is 0 Å². The second-order valence-electron chi connectivity index (χ2n) is 5.51. The Balaban J connectivity index is 1.86. The van der Waals surface area contributed by atoms with Gasteiger partial charge in [0.05, 0.1) is 12.1 Å². The zero-order valence-corrected chi connectivity index (χ0v) is 16.7. The van der Waals surface area contributed by atoms with Crippen LogP contribution in [0.4, 0.5) is 0 Å². The molecule has 9 heteroatoms. The first kappa shape index (κ1) is 20.9. The fraction of sp³-hybridized carbons (Fsp3) is 0.333. The smallest absolute Gasteiger partial charge is 0.338 e. The Bertz CT molecular complexity index is 807. The molecule has 0 bridgehead atoms. The van der Waals surface area contributed by atoms with Gasteiger partial charge in [0.2, 0.25) is 5.91 Å². The second-order valence-corrected chi connectivity index (χ2v) is 7.59. The highest BCUT2D eigenvalue weighted by Crippen LogP contribution is 2.27. The lowest BCUT2D eigenvalue weighted by Gasteiger charge is -2.09. The molecule has 1 heterocycles. The maximum Gasteiger partial charge on any atom is 0.338 e. The van der Waals surface area contributed by atoms with E-state index in [1.807, 2.05) is 24.4 Å². The van der Waals surface area contributed by atoms with E-state index in [0.29, 0.717) is 17.9 Å². The quantitative estimate of drug-likeness (QED) is 0.488. The van der Waals surface area contributed by atoms with Gasteiger partial charge in [-0.15, -0.1) is 11.3 Å². The van der Waals surface area contributed by atoms with Crippen LogP contribution in [0.15, 0.2) is 34.0 Å². The predicted molar refractivity (Wildman–Crippen MR) is 105 cm³/mol. The Labute approximate surface area is 165 Å². The fourth-order valence-corrected chi connectivity index (χ4v) is 3.94. The van der Waals surface area contributed by atoms with Crippen LogP contribution in [0.25, 0.3) is 0 Å². The zero-order chi connectivity index (χ0) is 19.6. The molecular weight excluding hydrogens is 386 g/mol. The molecule has 2 N–H and O–H groups in total. The van der Waals surface area contributed by atoms with E-state index >= 15 is 0 Å². The molecule has 0 fully saturated rings. The van der Waals surface area contributed by atoms with Crippen molar-refractivity contribution >= 4 is 40.9 Å². The molecular formula is C18H21N3O4S2. The highest BCUT2D eigenvalue weighted by Gasteiger charge is 2.15. The molecule has 0 radical (unpaired) electrons. The normalized spacial score (nSPS) is 10.3. The van der Waals surface area contributed by atoms with Crippen molar-refractivity contribution in [3.63, 3.8) is 0 Å². The van der Waals surface area contributed by atoms with Crippen LogP contribution in [0, 0.1) is 6.92 Å². The number of amides is 2. The van der Waals surface area contributed by atoms with Gasteiger partial charge in [-0.05, 0) is 25.5 Å². The summed E-state index contributed by atoms with van der Waals surface area (Å²) in [4.78, 5) is 39.7. The van der Waals surface area contributed by atoms with E-state index in [4.69, 9.17) is 4.74 Å². The number of aryl methyl sites for hydroxylation is 1. The minimum atomic E-state index is -0.574. The summed E-state index contributed by atoms with van der Waals surface area (Å²) in [6.07, 6.45) is 0. The topological polar surface area (TPSA) is 97.4 Å². The second kappa shape index (κ2) is 10.7. The molecule has 27 heavy (non-hydrogen) atoms. The van der Waals surface area contributed by atoms with Gasteiger partial charge < -0.3 is 15.4 Å². The molecule has 0 saturated heterocycles. The molecule has 2 aromatic rings. The van der Waals surface area contributed by atoms with E-state index < -0.39 is 18.5 Å². The Hall–Kier alpha value is -2.39. The van der Waals surface area contributed by atoms with Gasteiger partial charge in [-0.3, -0.25) is 9.59 Å². The number of nitrogens with zero attached hydrogens (tertiary/aromatic N) is 1. The van der Waals surface area contributed by atoms with Crippen molar-refractivity contribution in [2.75, 3.05) is 19.7 Å². The SMILES string of the molecule is CCNC(=O)CNC(=O)COC(=O)c1ccccc1CSc1nc(C)cs1. The lowest BCUT2D eigenvalue weighted by atomic mass is 10.1. The lowest BCUT2D eigenvalue weighted by Crippen LogP contribution is -2.38. The van der Waals surface area contributed by atoms with E-state index in [9.17, 15) is 14.4 Å². The van der Waals surface area contributed by atoms with Crippen LogP contribution in [0.1, 0.15) is 28.5 Å². The number of nitrogens with one attached hydrogen (secondary N) is 2. The molecule has 0 spiro atoms.